The van der Waals surface area contributed by atoms with Gasteiger partial charge in [0.2, 0.25) is 5.88 Å². The van der Waals surface area contributed by atoms with Crippen LogP contribution in [0.25, 0.3) is 0 Å². The molecule has 3 N–H and O–H groups in total. The Morgan fingerprint density at radius 2 is 2.12 bits per heavy atom. The van der Waals surface area contributed by atoms with E-state index in [4.69, 9.17) is 15.0 Å². The largest absolute Gasteiger partial charge is 0.477 e. The second kappa shape index (κ2) is 9.05. The lowest BCUT2D eigenvalue weighted by Crippen LogP contribution is -2.44. The summed E-state index contributed by atoms with van der Waals surface area (Å²) in [6.45, 7) is 9.81. The molecule has 10 nitrogen and oxygen atoms in total. The van der Waals surface area contributed by atoms with Gasteiger partial charge in [-0.15, -0.1) is 0 Å². The molecule has 0 spiro atoms. The molecule has 2 saturated heterocycles. The Kier molecular flexibility index (Phi) is 6.09. The summed E-state index contributed by atoms with van der Waals surface area (Å²) in [5.41, 5.74) is 8.46. The standard InChI is InChI=1S/C24H35N7O3/c1-15(2)20-28-23(34-29-20)30-8-4-17(5-9-30)24(25)13-18(24)6-11-33-21-16(3)12-19(14-27-21)31-10-7-26-22(31)32/h12,14-15,17-18H,4-11,13,25H2,1-3H3,(H,26,32). The Morgan fingerprint density at radius 3 is 2.76 bits per heavy atom. The topological polar surface area (TPSA) is 123 Å². The molecule has 2 unspecified atom stereocenters. The summed E-state index contributed by atoms with van der Waals surface area (Å²) in [7, 11) is 0. The van der Waals surface area contributed by atoms with Crippen LogP contribution in [0.1, 0.15) is 56.8 Å². The first kappa shape index (κ1) is 22.9. The van der Waals surface area contributed by atoms with Crippen molar-refractivity contribution in [3.63, 3.8) is 0 Å². The monoisotopic (exact) mass is 469 g/mol. The molecule has 2 aliphatic heterocycles. The lowest BCUT2D eigenvalue weighted by atomic mass is 9.86. The lowest BCUT2D eigenvalue weighted by molar-refractivity contribution is 0.252. The van der Waals surface area contributed by atoms with E-state index in [9.17, 15) is 4.79 Å². The van der Waals surface area contributed by atoms with E-state index in [-0.39, 0.29) is 17.5 Å². The molecule has 184 valence electrons. The van der Waals surface area contributed by atoms with Gasteiger partial charge in [-0.3, -0.25) is 4.90 Å². The zero-order chi connectivity index (χ0) is 23.9. The van der Waals surface area contributed by atoms with Crippen molar-refractivity contribution < 1.29 is 14.1 Å². The SMILES string of the molecule is Cc1cc(N2CCNC2=O)cnc1OCCC1CC1(N)C1CCN(c2nc(C(C)C)no2)CC1. The number of aryl methyl sites for hydroxylation is 1. The maximum Gasteiger partial charge on any atom is 0.324 e. The minimum Gasteiger partial charge on any atom is -0.477 e. The molecule has 2 aromatic heterocycles. The number of hydrogen-bond acceptors (Lipinski definition) is 8. The number of nitrogens with one attached hydrogen (secondary N) is 1. The van der Waals surface area contributed by atoms with Crippen molar-refractivity contribution in [2.45, 2.75) is 57.9 Å². The highest BCUT2D eigenvalue weighted by atomic mass is 16.5. The van der Waals surface area contributed by atoms with Gasteiger partial charge in [-0.1, -0.05) is 19.0 Å². The summed E-state index contributed by atoms with van der Waals surface area (Å²) >= 11 is 0. The van der Waals surface area contributed by atoms with E-state index in [1.807, 2.05) is 13.0 Å². The van der Waals surface area contributed by atoms with Gasteiger partial charge in [0.25, 0.3) is 0 Å². The highest BCUT2D eigenvalue weighted by molar-refractivity contribution is 5.93. The first-order chi connectivity index (χ1) is 16.3. The second-order valence-corrected chi connectivity index (χ2v) is 10.2. The van der Waals surface area contributed by atoms with Crippen molar-refractivity contribution in [1.82, 2.24) is 20.4 Å². The van der Waals surface area contributed by atoms with Crippen LogP contribution in [-0.2, 0) is 0 Å². The fraction of sp³-hybridized carbons (Fsp3) is 0.667. The van der Waals surface area contributed by atoms with Crippen LogP contribution in [0.3, 0.4) is 0 Å². The van der Waals surface area contributed by atoms with E-state index in [2.05, 4.69) is 39.2 Å². The number of carbonyl (C=O) groups excluding carboxylic acids is 1. The number of carbonyl (C=O) groups is 1. The number of urea groups is 1. The van der Waals surface area contributed by atoms with Gasteiger partial charge >= 0.3 is 12.0 Å². The van der Waals surface area contributed by atoms with Gasteiger partial charge in [-0.2, -0.15) is 4.98 Å². The highest BCUT2D eigenvalue weighted by Crippen LogP contribution is 2.52. The number of amides is 2. The molecular weight excluding hydrogens is 434 g/mol. The van der Waals surface area contributed by atoms with Gasteiger partial charge in [0.05, 0.1) is 18.5 Å². The number of aromatic nitrogens is 3. The molecule has 0 aromatic carbocycles. The van der Waals surface area contributed by atoms with Crippen LogP contribution >= 0.6 is 0 Å². The van der Waals surface area contributed by atoms with Crippen molar-refractivity contribution in [2.75, 3.05) is 42.6 Å². The fourth-order valence-corrected chi connectivity index (χ4v) is 5.30. The summed E-state index contributed by atoms with van der Waals surface area (Å²) in [5.74, 6) is 2.64. The van der Waals surface area contributed by atoms with Crippen LogP contribution in [0.4, 0.5) is 16.5 Å². The number of nitrogens with two attached hydrogens (primary N) is 1. The number of piperidine rings is 1. The smallest absolute Gasteiger partial charge is 0.324 e. The third-order valence-corrected chi connectivity index (χ3v) is 7.56. The molecule has 0 radical (unpaired) electrons. The average molecular weight is 470 g/mol. The zero-order valence-electron chi connectivity index (χ0n) is 20.3. The maximum atomic E-state index is 11.9. The summed E-state index contributed by atoms with van der Waals surface area (Å²) in [6.07, 6.45) is 5.77. The Morgan fingerprint density at radius 1 is 1.32 bits per heavy atom. The number of pyridine rings is 1. The van der Waals surface area contributed by atoms with E-state index in [1.165, 1.54) is 0 Å². The summed E-state index contributed by atoms with van der Waals surface area (Å²) < 4.78 is 11.4. The zero-order valence-corrected chi connectivity index (χ0v) is 20.3. The molecule has 10 heteroatoms. The average Bonchev–Trinajstić information content (AvgIpc) is 3.17. The minimum atomic E-state index is -0.0944. The molecule has 5 rings (SSSR count). The highest BCUT2D eigenvalue weighted by Gasteiger charge is 2.55. The Hall–Kier alpha value is -2.88. The quantitative estimate of drug-likeness (QED) is 0.605. The molecule has 0 bridgehead atoms. The third-order valence-electron chi connectivity index (χ3n) is 7.56. The van der Waals surface area contributed by atoms with Crippen LogP contribution in [0.2, 0.25) is 0 Å². The number of ether oxygens (including phenoxy) is 1. The van der Waals surface area contributed by atoms with Gasteiger partial charge in [0.1, 0.15) is 0 Å². The first-order valence-electron chi connectivity index (χ1n) is 12.4. The number of hydrogen-bond donors (Lipinski definition) is 2. The van der Waals surface area contributed by atoms with Crippen LogP contribution in [0.5, 0.6) is 5.88 Å². The molecule has 2 aromatic rings. The summed E-state index contributed by atoms with van der Waals surface area (Å²) in [5, 5.41) is 6.89. The second-order valence-electron chi connectivity index (χ2n) is 10.2. The van der Waals surface area contributed by atoms with E-state index in [0.29, 0.717) is 43.4 Å². The van der Waals surface area contributed by atoms with Crippen molar-refractivity contribution >= 4 is 17.7 Å². The van der Waals surface area contributed by atoms with Crippen molar-refractivity contribution in [3.8, 4) is 5.88 Å². The van der Waals surface area contributed by atoms with Gasteiger partial charge in [-0.25, -0.2) is 9.78 Å². The maximum absolute atomic E-state index is 11.9. The van der Waals surface area contributed by atoms with Gasteiger partial charge in [0, 0.05) is 43.2 Å². The van der Waals surface area contributed by atoms with Crippen molar-refractivity contribution in [3.05, 3.63) is 23.7 Å². The summed E-state index contributed by atoms with van der Waals surface area (Å²) in [4.78, 5) is 24.7. The van der Waals surface area contributed by atoms with E-state index in [0.717, 1.165) is 55.8 Å². The third kappa shape index (κ3) is 4.43. The molecule has 1 saturated carbocycles. The van der Waals surface area contributed by atoms with Crippen LogP contribution in [-0.4, -0.2) is 59.5 Å². The molecule has 1 aliphatic carbocycles. The summed E-state index contributed by atoms with van der Waals surface area (Å²) in [6, 6.07) is 2.51. The predicted octanol–water partition coefficient (Wildman–Crippen LogP) is 2.83. The number of anilines is 2. The van der Waals surface area contributed by atoms with Crippen LogP contribution in [0.15, 0.2) is 16.8 Å². The van der Waals surface area contributed by atoms with Crippen molar-refractivity contribution in [2.24, 2.45) is 17.6 Å². The first-order valence-corrected chi connectivity index (χ1v) is 12.4. The molecule has 3 fully saturated rings. The van der Waals surface area contributed by atoms with E-state index in [1.54, 1.807) is 11.1 Å². The van der Waals surface area contributed by atoms with Crippen LogP contribution in [0, 0.1) is 18.8 Å². The molecular formula is C24H35N7O3. The number of nitrogens with zero attached hydrogens (tertiary/aromatic N) is 5. The van der Waals surface area contributed by atoms with E-state index >= 15 is 0 Å². The van der Waals surface area contributed by atoms with Gasteiger partial charge < -0.3 is 25.2 Å². The Balaban J connectivity index is 1.08. The van der Waals surface area contributed by atoms with E-state index < -0.39 is 0 Å². The van der Waals surface area contributed by atoms with Gasteiger partial charge in [0.15, 0.2) is 5.82 Å². The molecule has 3 aliphatic rings. The molecule has 2 atom stereocenters. The van der Waals surface area contributed by atoms with Crippen LogP contribution < -0.4 is 25.6 Å². The molecule has 4 heterocycles. The Bertz CT molecular complexity index is 1030. The Labute approximate surface area is 200 Å². The molecule has 34 heavy (non-hydrogen) atoms. The minimum absolute atomic E-state index is 0.0777. The number of rotatable bonds is 8. The fourth-order valence-electron chi connectivity index (χ4n) is 5.30. The van der Waals surface area contributed by atoms with Crippen molar-refractivity contribution in [1.29, 1.82) is 0 Å². The normalized spacial score (nSPS) is 25.2. The lowest BCUT2D eigenvalue weighted by Gasteiger charge is -2.34. The predicted molar refractivity (Wildman–Crippen MR) is 128 cm³/mol. The molecule has 2 amide bonds. The van der Waals surface area contributed by atoms with Gasteiger partial charge in [-0.05, 0) is 50.5 Å².